The highest BCUT2D eigenvalue weighted by Gasteiger charge is 2.45. The van der Waals surface area contributed by atoms with Gasteiger partial charge in [0.1, 0.15) is 28.4 Å². The molecule has 5 heterocycles. The van der Waals surface area contributed by atoms with E-state index in [0.29, 0.717) is 92.6 Å². The molecule has 6 rings (SSSR count). The van der Waals surface area contributed by atoms with Gasteiger partial charge in [0.05, 0.1) is 23.9 Å². The molecule has 0 bridgehead atoms. The van der Waals surface area contributed by atoms with Crippen molar-refractivity contribution >= 4 is 52.1 Å². The van der Waals surface area contributed by atoms with Crippen LogP contribution < -0.4 is 31.7 Å². The van der Waals surface area contributed by atoms with E-state index in [4.69, 9.17) is 20.1 Å². The van der Waals surface area contributed by atoms with Gasteiger partial charge in [0.2, 0.25) is 17.7 Å². The number of imide groups is 2. The Balaban J connectivity index is 0.846. The molecule has 5 amide bonds. The Morgan fingerprint density at radius 1 is 1.05 bits per heavy atom. The highest BCUT2D eigenvalue weighted by Crippen LogP contribution is 2.34. The van der Waals surface area contributed by atoms with Crippen molar-refractivity contribution in [3.05, 3.63) is 41.2 Å². The molecule has 318 valence electrons. The summed E-state index contributed by atoms with van der Waals surface area (Å²) >= 11 is 0. The fourth-order valence-electron chi connectivity index (χ4n) is 7.05. The van der Waals surface area contributed by atoms with Crippen molar-refractivity contribution in [2.45, 2.75) is 96.7 Å². The minimum absolute atomic E-state index is 0.00701. The van der Waals surface area contributed by atoms with E-state index in [1.807, 2.05) is 11.5 Å². The minimum atomic E-state index is -1.23. The van der Waals surface area contributed by atoms with Crippen LogP contribution in [0.25, 0.3) is 22.6 Å². The van der Waals surface area contributed by atoms with E-state index in [9.17, 15) is 29.1 Å². The standard InChI is InChI=1S/C41H51N11O8/c1-4-51-35-29(24-46-27(17-18-41(2,3)58)33(35)48-37(51)34-36(42)50-60-49-34)59-23-11-20-43-19-10-14-30(53)45-22-8-6-5-7-21-44-26-13-9-12-25-32(26)40(57)52(39(25)56)28-15-16-31(54)47-38(28)55/h9,12-13,24,28,43-44,58H,4-8,10-11,14-16,19-23H2,1-3H3,(H2,42,50)(H,45,53)(H,47,54,55). The first-order chi connectivity index (χ1) is 28.9. The van der Waals surface area contributed by atoms with Gasteiger partial charge in [-0.3, -0.25) is 34.2 Å². The van der Waals surface area contributed by atoms with Crippen molar-refractivity contribution in [2.24, 2.45) is 0 Å². The highest BCUT2D eigenvalue weighted by molar-refractivity contribution is 6.25. The first-order valence-electron chi connectivity index (χ1n) is 20.3. The minimum Gasteiger partial charge on any atom is -0.490 e. The summed E-state index contributed by atoms with van der Waals surface area (Å²) in [5.74, 6) is 4.64. The maximum atomic E-state index is 13.3. The van der Waals surface area contributed by atoms with Crippen LogP contribution in [0, 0.1) is 11.8 Å². The number of pyridine rings is 1. The number of nitrogens with zero attached hydrogens (tertiary/aromatic N) is 6. The number of piperidine rings is 1. The molecule has 1 aromatic carbocycles. The quantitative estimate of drug-likeness (QED) is 0.0425. The summed E-state index contributed by atoms with van der Waals surface area (Å²) in [6.45, 7) is 8.56. The number of aromatic nitrogens is 5. The van der Waals surface area contributed by atoms with E-state index < -0.39 is 35.3 Å². The van der Waals surface area contributed by atoms with Crippen LogP contribution in [0.15, 0.2) is 29.0 Å². The summed E-state index contributed by atoms with van der Waals surface area (Å²) in [7, 11) is 0. The number of aliphatic hydroxyl groups is 1. The zero-order valence-corrected chi connectivity index (χ0v) is 34.1. The Hall–Kier alpha value is -6.39. The lowest BCUT2D eigenvalue weighted by Gasteiger charge is -2.27. The van der Waals surface area contributed by atoms with Crippen molar-refractivity contribution in [1.29, 1.82) is 0 Å². The zero-order chi connectivity index (χ0) is 42.8. The molecule has 19 heteroatoms. The van der Waals surface area contributed by atoms with Crippen LogP contribution >= 0.6 is 0 Å². The summed E-state index contributed by atoms with van der Waals surface area (Å²) < 4.78 is 12.9. The summed E-state index contributed by atoms with van der Waals surface area (Å²) in [4.78, 5) is 72.8. The molecule has 2 aliphatic heterocycles. The molecule has 0 aliphatic carbocycles. The number of aryl methyl sites for hydroxylation is 1. The maximum Gasteiger partial charge on any atom is 0.264 e. The van der Waals surface area contributed by atoms with Crippen molar-refractivity contribution in [3.63, 3.8) is 0 Å². The largest absolute Gasteiger partial charge is 0.490 e. The van der Waals surface area contributed by atoms with E-state index in [2.05, 4.69) is 48.4 Å². The Labute approximate surface area is 346 Å². The van der Waals surface area contributed by atoms with E-state index in [1.54, 1.807) is 38.2 Å². The van der Waals surface area contributed by atoms with Gasteiger partial charge in [-0.1, -0.05) is 24.8 Å². The summed E-state index contributed by atoms with van der Waals surface area (Å²) in [5, 5.41) is 29.6. The van der Waals surface area contributed by atoms with Crippen LogP contribution in [0.5, 0.6) is 5.75 Å². The number of unbranched alkanes of at least 4 members (excludes halogenated alkanes) is 3. The van der Waals surface area contributed by atoms with Gasteiger partial charge in [0.15, 0.2) is 23.1 Å². The van der Waals surface area contributed by atoms with E-state index in [1.165, 1.54) is 0 Å². The third kappa shape index (κ3) is 10.2. The number of amides is 5. The average Bonchev–Trinajstić information content (AvgIpc) is 3.89. The number of anilines is 2. The second-order valence-electron chi connectivity index (χ2n) is 15.1. The molecule has 60 heavy (non-hydrogen) atoms. The van der Waals surface area contributed by atoms with Gasteiger partial charge in [0, 0.05) is 38.2 Å². The normalized spacial score (nSPS) is 15.2. The average molecular weight is 826 g/mol. The van der Waals surface area contributed by atoms with Crippen LogP contribution in [0.3, 0.4) is 0 Å². The number of nitrogens with one attached hydrogen (secondary N) is 4. The molecular formula is C41H51N11O8. The topological polar surface area (TPSA) is 262 Å². The van der Waals surface area contributed by atoms with E-state index >= 15 is 0 Å². The van der Waals surface area contributed by atoms with Crippen LogP contribution in [-0.2, 0) is 20.9 Å². The number of benzene rings is 1. The van der Waals surface area contributed by atoms with Gasteiger partial charge in [-0.15, -0.1) is 0 Å². The van der Waals surface area contributed by atoms with Gasteiger partial charge in [-0.05, 0) is 94.3 Å². The van der Waals surface area contributed by atoms with Crippen LogP contribution in [0.2, 0.25) is 0 Å². The van der Waals surface area contributed by atoms with Crippen LogP contribution in [0.1, 0.15) is 105 Å². The van der Waals surface area contributed by atoms with Gasteiger partial charge in [-0.25, -0.2) is 14.6 Å². The van der Waals surface area contributed by atoms with Gasteiger partial charge in [-0.2, -0.15) is 0 Å². The van der Waals surface area contributed by atoms with Gasteiger partial charge in [0.25, 0.3) is 11.8 Å². The number of hydrogen-bond acceptors (Lipinski definition) is 15. The van der Waals surface area contributed by atoms with Crippen molar-refractivity contribution in [3.8, 4) is 29.1 Å². The number of nitrogen functional groups attached to an aromatic ring is 1. The van der Waals surface area contributed by atoms with Crippen molar-refractivity contribution in [1.82, 2.24) is 45.7 Å². The molecule has 19 nitrogen and oxygen atoms in total. The fourth-order valence-corrected chi connectivity index (χ4v) is 7.05. The lowest BCUT2D eigenvalue weighted by atomic mass is 10.0. The lowest BCUT2D eigenvalue weighted by molar-refractivity contribution is -0.136. The Bertz CT molecular complexity index is 2300. The molecule has 0 saturated carbocycles. The number of carbonyl (C=O) groups is 5. The van der Waals surface area contributed by atoms with Crippen molar-refractivity contribution in [2.75, 3.05) is 43.8 Å². The molecule has 7 N–H and O–H groups in total. The second-order valence-corrected chi connectivity index (χ2v) is 15.1. The van der Waals surface area contributed by atoms with Crippen LogP contribution in [0.4, 0.5) is 11.5 Å². The van der Waals surface area contributed by atoms with Crippen LogP contribution in [-0.4, -0.2) is 109 Å². The molecular weight excluding hydrogens is 775 g/mol. The maximum absolute atomic E-state index is 13.3. The third-order valence-corrected chi connectivity index (χ3v) is 9.99. The van der Waals surface area contributed by atoms with Gasteiger partial charge >= 0.3 is 0 Å². The summed E-state index contributed by atoms with van der Waals surface area (Å²) in [6, 6.07) is 4.00. The lowest BCUT2D eigenvalue weighted by Crippen LogP contribution is -2.54. The fraction of sp³-hybridized carbons (Fsp3) is 0.488. The Morgan fingerprint density at radius 3 is 2.57 bits per heavy atom. The predicted molar refractivity (Wildman–Crippen MR) is 219 cm³/mol. The smallest absolute Gasteiger partial charge is 0.264 e. The number of fused-ring (bicyclic) bond motifs is 2. The Morgan fingerprint density at radius 2 is 1.83 bits per heavy atom. The first kappa shape index (κ1) is 43.2. The molecule has 3 aromatic heterocycles. The molecule has 2 aliphatic rings. The first-order valence-corrected chi connectivity index (χ1v) is 20.3. The molecule has 1 unspecified atom stereocenters. The monoisotopic (exact) mass is 825 g/mol. The Kier molecular flexibility index (Phi) is 14.1. The molecule has 0 radical (unpaired) electrons. The molecule has 1 fully saturated rings. The zero-order valence-electron chi connectivity index (χ0n) is 34.1. The molecule has 0 spiro atoms. The molecule has 1 saturated heterocycles. The second kappa shape index (κ2) is 19.6. The number of hydrogen-bond donors (Lipinski definition) is 6. The number of carbonyl (C=O) groups excluding carboxylic acids is 5. The SMILES string of the molecule is CCn1c(-c2nonc2N)nc2c(C#CC(C)(C)O)ncc(OCCCNCCCC(=O)NCCCCCCNc3cccc4c3C(=O)N(C3CCC(=O)NC3=O)C4=O)c21. The van der Waals surface area contributed by atoms with E-state index in [-0.39, 0.29) is 41.4 Å². The highest BCUT2D eigenvalue weighted by atomic mass is 16.6. The summed E-state index contributed by atoms with van der Waals surface area (Å²) in [6.07, 6.45) is 7.05. The van der Waals surface area contributed by atoms with Crippen molar-refractivity contribution < 1.29 is 38.4 Å². The van der Waals surface area contributed by atoms with E-state index in [0.717, 1.165) is 30.6 Å². The predicted octanol–water partition coefficient (Wildman–Crippen LogP) is 2.53. The number of rotatable bonds is 20. The van der Waals surface area contributed by atoms with Gasteiger partial charge < -0.3 is 36.1 Å². The number of imidazole rings is 1. The number of nitrogens with two attached hydrogens (primary N) is 1. The number of ether oxygens (including phenoxy) is 1. The molecule has 1 atom stereocenters. The third-order valence-electron chi connectivity index (χ3n) is 9.99. The molecule has 4 aromatic rings. The summed E-state index contributed by atoms with van der Waals surface area (Å²) in [5.41, 5.74) is 7.58.